The monoisotopic (exact) mass is 434 g/mol. The predicted molar refractivity (Wildman–Crippen MR) is 114 cm³/mol. The molecule has 0 atom stereocenters. The van der Waals surface area contributed by atoms with Gasteiger partial charge < -0.3 is 31.8 Å². The Kier molecular flexibility index (Phi) is 6.22. The van der Waals surface area contributed by atoms with Crippen LogP contribution in [0.15, 0.2) is 55.7 Å². The van der Waals surface area contributed by atoms with Crippen LogP contribution in [0.4, 0.5) is 5.69 Å². The van der Waals surface area contributed by atoms with Gasteiger partial charge in [0.1, 0.15) is 11.2 Å². The Morgan fingerprint density at radius 2 is 1.67 bits per heavy atom. The first-order valence-electron chi connectivity index (χ1n) is 8.88. The summed E-state index contributed by atoms with van der Waals surface area (Å²) in [7, 11) is -3.90. The molecular weight excluding hydrogens is 412 g/mol. The predicted octanol–water partition coefficient (Wildman–Crippen LogP) is -0.219. The van der Waals surface area contributed by atoms with E-state index in [2.05, 4.69) is 9.98 Å². The van der Waals surface area contributed by atoms with Gasteiger partial charge in [0.2, 0.25) is 16.0 Å². The highest BCUT2D eigenvalue weighted by molar-refractivity contribution is 7.89. The molecule has 0 fully saturated rings. The van der Waals surface area contributed by atoms with Crippen molar-refractivity contribution in [2.24, 2.45) is 27.2 Å². The zero-order chi connectivity index (χ0) is 21.9. The molecule has 0 aliphatic carbocycles. The van der Waals surface area contributed by atoms with Gasteiger partial charge in [-0.2, -0.15) is 9.30 Å². The third-order valence-corrected chi connectivity index (χ3v) is 6.14. The minimum absolute atomic E-state index is 0.0266. The van der Waals surface area contributed by atoms with Crippen LogP contribution in [-0.2, 0) is 10.0 Å². The number of aliphatic hydroxyl groups is 2. The lowest BCUT2D eigenvalue weighted by Crippen LogP contribution is -2.35. The highest BCUT2D eigenvalue weighted by Crippen LogP contribution is 2.33. The number of hydrogen-bond donors (Lipinski definition) is 5. The van der Waals surface area contributed by atoms with Crippen LogP contribution >= 0.6 is 0 Å². The molecule has 0 unspecified atom stereocenters. The molecule has 0 spiro atoms. The van der Waals surface area contributed by atoms with Crippen molar-refractivity contribution < 1.29 is 23.0 Å². The maximum absolute atomic E-state index is 12.9. The molecular formula is C18H22N6O5S. The van der Waals surface area contributed by atoms with Crippen molar-refractivity contribution in [3.05, 3.63) is 36.4 Å². The minimum atomic E-state index is -3.90. The normalized spacial score (nSPS) is 12.7. The molecule has 0 radical (unpaired) electrons. The van der Waals surface area contributed by atoms with E-state index in [1.807, 2.05) is 0 Å². The highest BCUT2D eigenvalue weighted by Gasteiger charge is 2.24. The fourth-order valence-corrected chi connectivity index (χ4v) is 4.44. The van der Waals surface area contributed by atoms with Crippen LogP contribution < -0.4 is 17.2 Å². The molecule has 0 amide bonds. The number of fused-ring (bicyclic) bond motifs is 3. The van der Waals surface area contributed by atoms with Crippen molar-refractivity contribution in [2.75, 3.05) is 26.3 Å². The van der Waals surface area contributed by atoms with Crippen molar-refractivity contribution in [1.82, 2.24) is 4.31 Å². The van der Waals surface area contributed by atoms with Crippen molar-refractivity contribution in [2.45, 2.75) is 4.90 Å². The van der Waals surface area contributed by atoms with Crippen LogP contribution in [0.1, 0.15) is 0 Å². The summed E-state index contributed by atoms with van der Waals surface area (Å²) in [6.07, 6.45) is 0. The number of nitrogens with zero attached hydrogens (tertiary/aromatic N) is 3. The average molecular weight is 434 g/mol. The lowest BCUT2D eigenvalue weighted by Gasteiger charge is -2.20. The Labute approximate surface area is 172 Å². The Morgan fingerprint density at radius 3 is 2.30 bits per heavy atom. The molecule has 0 aliphatic heterocycles. The standard InChI is InChI=1S/C18H22N6O5S/c19-17(20)23-18(21)22-11-1-3-13-14-10-12(2-4-15(14)29-16(13)9-11)30(27,28)24(5-7-25)6-8-26/h1-4,9-10,25-26H,5-8H2,(H6,19,20,21,22,23). The number of hydrogen-bond acceptors (Lipinski definition) is 6. The largest absolute Gasteiger partial charge is 0.456 e. The summed E-state index contributed by atoms with van der Waals surface area (Å²) < 4.78 is 32.6. The van der Waals surface area contributed by atoms with Crippen LogP contribution in [0.5, 0.6) is 0 Å². The summed E-state index contributed by atoms with van der Waals surface area (Å²) in [6.45, 7) is -0.956. The van der Waals surface area contributed by atoms with Gasteiger partial charge in [0.15, 0.2) is 5.96 Å². The van der Waals surface area contributed by atoms with Gasteiger partial charge in [-0.3, -0.25) is 0 Å². The van der Waals surface area contributed by atoms with E-state index in [-0.39, 0.29) is 43.1 Å². The topological polar surface area (TPSA) is 194 Å². The average Bonchev–Trinajstić information content (AvgIpc) is 3.04. The van der Waals surface area contributed by atoms with Crippen LogP contribution in [-0.4, -0.2) is 61.2 Å². The number of furan rings is 1. The quantitative estimate of drug-likeness (QED) is 0.249. The molecule has 11 nitrogen and oxygen atoms in total. The van der Waals surface area contributed by atoms with E-state index in [0.29, 0.717) is 27.6 Å². The molecule has 0 aliphatic rings. The number of guanidine groups is 2. The van der Waals surface area contributed by atoms with Crippen LogP contribution in [0.25, 0.3) is 21.9 Å². The SMILES string of the molecule is NC(N)=NC(N)=Nc1ccc2c(c1)oc1ccc(S(=O)(=O)N(CCO)CCO)cc12. The summed E-state index contributed by atoms with van der Waals surface area (Å²) in [5.74, 6) is -0.335. The zero-order valence-corrected chi connectivity index (χ0v) is 16.7. The molecule has 160 valence electrons. The summed E-state index contributed by atoms with van der Waals surface area (Å²) in [6, 6.07) is 9.47. The molecule has 3 aromatic rings. The van der Waals surface area contributed by atoms with Gasteiger partial charge >= 0.3 is 0 Å². The molecule has 0 bridgehead atoms. The second-order valence-electron chi connectivity index (χ2n) is 6.30. The summed E-state index contributed by atoms with van der Waals surface area (Å²) in [5.41, 5.74) is 17.6. The number of nitrogens with two attached hydrogens (primary N) is 3. The van der Waals surface area contributed by atoms with Crippen molar-refractivity contribution in [3.8, 4) is 0 Å². The molecule has 2 aromatic carbocycles. The summed E-state index contributed by atoms with van der Waals surface area (Å²) >= 11 is 0. The van der Waals surface area contributed by atoms with E-state index >= 15 is 0 Å². The van der Waals surface area contributed by atoms with Gasteiger partial charge in [-0.05, 0) is 30.3 Å². The van der Waals surface area contributed by atoms with E-state index in [0.717, 1.165) is 4.31 Å². The second kappa shape index (κ2) is 8.67. The number of aliphatic imine (C=N–C) groups is 2. The van der Waals surface area contributed by atoms with E-state index in [4.69, 9.17) is 31.8 Å². The Balaban J connectivity index is 2.06. The lowest BCUT2D eigenvalue weighted by molar-refractivity contribution is 0.217. The van der Waals surface area contributed by atoms with Crippen molar-refractivity contribution >= 4 is 49.6 Å². The maximum Gasteiger partial charge on any atom is 0.243 e. The van der Waals surface area contributed by atoms with Gasteiger partial charge in [-0.15, -0.1) is 0 Å². The second-order valence-corrected chi connectivity index (χ2v) is 8.24. The van der Waals surface area contributed by atoms with E-state index in [1.54, 1.807) is 24.3 Å². The van der Waals surface area contributed by atoms with E-state index < -0.39 is 10.0 Å². The van der Waals surface area contributed by atoms with Crippen LogP contribution in [0, 0.1) is 0 Å². The molecule has 0 saturated heterocycles. The molecule has 3 rings (SSSR count). The third-order valence-electron chi connectivity index (χ3n) is 4.25. The van der Waals surface area contributed by atoms with Gasteiger partial charge in [0, 0.05) is 29.9 Å². The van der Waals surface area contributed by atoms with E-state index in [9.17, 15) is 8.42 Å². The van der Waals surface area contributed by atoms with E-state index in [1.165, 1.54) is 12.1 Å². The maximum atomic E-state index is 12.9. The number of rotatable bonds is 7. The van der Waals surface area contributed by atoms with Crippen molar-refractivity contribution in [3.63, 3.8) is 0 Å². The van der Waals surface area contributed by atoms with Crippen LogP contribution in [0.2, 0.25) is 0 Å². The van der Waals surface area contributed by atoms with Gasteiger partial charge in [-0.1, -0.05) is 0 Å². The minimum Gasteiger partial charge on any atom is -0.456 e. The number of benzene rings is 2. The Hall–Kier alpha value is -3.19. The summed E-state index contributed by atoms with van der Waals surface area (Å²) in [5, 5.41) is 19.6. The van der Waals surface area contributed by atoms with Crippen LogP contribution in [0.3, 0.4) is 0 Å². The smallest absolute Gasteiger partial charge is 0.243 e. The lowest BCUT2D eigenvalue weighted by atomic mass is 10.1. The first kappa shape index (κ1) is 21.5. The fourth-order valence-electron chi connectivity index (χ4n) is 2.99. The fraction of sp³-hybridized carbons (Fsp3) is 0.222. The molecule has 1 heterocycles. The van der Waals surface area contributed by atoms with Gasteiger partial charge in [-0.25, -0.2) is 13.4 Å². The Morgan fingerprint density at radius 1 is 0.967 bits per heavy atom. The number of aliphatic hydroxyl groups excluding tert-OH is 2. The van der Waals surface area contributed by atoms with Gasteiger partial charge in [0.25, 0.3) is 0 Å². The summed E-state index contributed by atoms with van der Waals surface area (Å²) in [4.78, 5) is 7.75. The van der Waals surface area contributed by atoms with Crippen molar-refractivity contribution in [1.29, 1.82) is 0 Å². The molecule has 0 saturated carbocycles. The highest BCUT2D eigenvalue weighted by atomic mass is 32.2. The first-order valence-corrected chi connectivity index (χ1v) is 10.3. The molecule has 12 heteroatoms. The first-order chi connectivity index (χ1) is 14.3. The zero-order valence-electron chi connectivity index (χ0n) is 15.9. The van der Waals surface area contributed by atoms with Gasteiger partial charge in [0.05, 0.1) is 23.8 Å². The third kappa shape index (κ3) is 4.36. The molecule has 30 heavy (non-hydrogen) atoms. The molecule has 1 aromatic heterocycles. The molecule has 8 N–H and O–H groups in total. The number of sulfonamides is 1. The Bertz CT molecular complexity index is 1220.